The monoisotopic (exact) mass is 184 g/mol. The van der Waals surface area contributed by atoms with Crippen molar-refractivity contribution in [3.63, 3.8) is 0 Å². The van der Waals surface area contributed by atoms with Crippen LogP contribution in [0.1, 0.15) is 25.6 Å². The molecule has 1 aromatic heterocycles. The van der Waals surface area contributed by atoms with Gasteiger partial charge in [-0.25, -0.2) is 0 Å². The van der Waals surface area contributed by atoms with Gasteiger partial charge in [0, 0.05) is 6.42 Å². The van der Waals surface area contributed by atoms with Crippen molar-refractivity contribution < 1.29 is 14.1 Å². The molecule has 13 heavy (non-hydrogen) atoms. The van der Waals surface area contributed by atoms with Gasteiger partial charge in [-0.2, -0.15) is 4.98 Å². The van der Waals surface area contributed by atoms with Crippen molar-refractivity contribution in [3.8, 4) is 0 Å². The second-order valence-corrected chi connectivity index (χ2v) is 2.44. The molecule has 0 amide bonds. The van der Waals surface area contributed by atoms with Crippen LogP contribution in [0.5, 0.6) is 0 Å². The molecule has 1 heterocycles. The minimum Gasteiger partial charge on any atom is -0.466 e. The Kier molecular flexibility index (Phi) is 3.42. The summed E-state index contributed by atoms with van der Waals surface area (Å²) in [6.45, 7) is 4.04. The van der Waals surface area contributed by atoms with E-state index >= 15 is 0 Å². The normalized spacial score (nSPS) is 10.0. The Morgan fingerprint density at radius 3 is 2.85 bits per heavy atom. The predicted octanol–water partition coefficient (Wildman–Crippen LogP) is 0.738. The molecule has 5 heteroatoms. The van der Waals surface area contributed by atoms with E-state index in [0.29, 0.717) is 24.7 Å². The summed E-state index contributed by atoms with van der Waals surface area (Å²) in [7, 11) is 0. The first kappa shape index (κ1) is 9.70. The van der Waals surface area contributed by atoms with E-state index in [1.807, 2.05) is 6.92 Å². The van der Waals surface area contributed by atoms with Crippen LogP contribution in [0, 0.1) is 0 Å². The van der Waals surface area contributed by atoms with Crippen molar-refractivity contribution in [2.24, 2.45) is 0 Å². The number of hydrogen-bond acceptors (Lipinski definition) is 5. The van der Waals surface area contributed by atoms with Gasteiger partial charge in [-0.15, -0.1) is 0 Å². The third kappa shape index (κ3) is 2.85. The third-order valence-electron chi connectivity index (χ3n) is 1.43. The number of carbonyl (C=O) groups excluding carboxylic acids is 1. The maximum Gasteiger partial charge on any atom is 0.315 e. The van der Waals surface area contributed by atoms with Gasteiger partial charge >= 0.3 is 5.97 Å². The van der Waals surface area contributed by atoms with Crippen molar-refractivity contribution in [2.45, 2.75) is 26.7 Å². The van der Waals surface area contributed by atoms with E-state index in [4.69, 9.17) is 9.26 Å². The van der Waals surface area contributed by atoms with Crippen LogP contribution in [0.2, 0.25) is 0 Å². The van der Waals surface area contributed by atoms with Crippen LogP contribution >= 0.6 is 0 Å². The summed E-state index contributed by atoms with van der Waals surface area (Å²) in [5.41, 5.74) is 0. The Morgan fingerprint density at radius 2 is 2.31 bits per heavy atom. The Morgan fingerprint density at radius 1 is 1.54 bits per heavy atom. The zero-order valence-electron chi connectivity index (χ0n) is 7.74. The van der Waals surface area contributed by atoms with Crippen LogP contribution in [0.4, 0.5) is 0 Å². The maximum absolute atomic E-state index is 11.0. The van der Waals surface area contributed by atoms with Gasteiger partial charge in [-0.3, -0.25) is 4.79 Å². The Bertz CT molecular complexity index is 283. The van der Waals surface area contributed by atoms with Gasteiger partial charge in [0.15, 0.2) is 5.82 Å². The van der Waals surface area contributed by atoms with E-state index in [9.17, 15) is 4.79 Å². The van der Waals surface area contributed by atoms with Crippen LogP contribution in [0.25, 0.3) is 0 Å². The molecule has 0 radical (unpaired) electrons. The van der Waals surface area contributed by atoms with Gasteiger partial charge in [-0.1, -0.05) is 12.1 Å². The number of ether oxygens (including phenoxy) is 1. The van der Waals surface area contributed by atoms with Crippen LogP contribution in [-0.2, 0) is 22.4 Å². The Hall–Kier alpha value is -1.39. The average Bonchev–Trinajstić information content (AvgIpc) is 2.52. The van der Waals surface area contributed by atoms with Crippen LogP contribution in [-0.4, -0.2) is 22.7 Å². The number of rotatable bonds is 4. The van der Waals surface area contributed by atoms with Gasteiger partial charge in [0.05, 0.1) is 6.61 Å². The van der Waals surface area contributed by atoms with E-state index in [0.717, 1.165) is 0 Å². The summed E-state index contributed by atoms with van der Waals surface area (Å²) in [6.07, 6.45) is 0.757. The highest BCUT2D eigenvalue weighted by Gasteiger charge is 2.10. The number of aryl methyl sites for hydroxylation is 1. The number of aromatic nitrogens is 2. The zero-order valence-corrected chi connectivity index (χ0v) is 7.74. The first-order chi connectivity index (χ1) is 6.26. The molecule has 1 rings (SSSR count). The van der Waals surface area contributed by atoms with E-state index in [1.54, 1.807) is 6.92 Å². The Labute approximate surface area is 76.1 Å². The van der Waals surface area contributed by atoms with Crippen molar-refractivity contribution in [2.75, 3.05) is 6.61 Å². The number of esters is 1. The van der Waals surface area contributed by atoms with Crippen molar-refractivity contribution in [3.05, 3.63) is 11.7 Å². The molecule has 0 fully saturated rings. The second kappa shape index (κ2) is 4.59. The highest BCUT2D eigenvalue weighted by Crippen LogP contribution is 1.99. The maximum atomic E-state index is 11.0. The molecule has 0 atom stereocenters. The predicted molar refractivity (Wildman–Crippen MR) is 44.0 cm³/mol. The number of carbonyl (C=O) groups is 1. The summed E-state index contributed by atoms with van der Waals surface area (Å²) in [5, 5.41) is 3.65. The summed E-state index contributed by atoms with van der Waals surface area (Å²) in [6, 6.07) is 0. The van der Waals surface area contributed by atoms with Gasteiger partial charge < -0.3 is 9.26 Å². The summed E-state index contributed by atoms with van der Waals surface area (Å²) < 4.78 is 9.53. The molecule has 5 nitrogen and oxygen atoms in total. The smallest absolute Gasteiger partial charge is 0.315 e. The van der Waals surface area contributed by atoms with Gasteiger partial charge in [0.1, 0.15) is 6.42 Å². The second-order valence-electron chi connectivity index (χ2n) is 2.44. The first-order valence-corrected chi connectivity index (χ1v) is 4.23. The lowest BCUT2D eigenvalue weighted by atomic mass is 10.4. The molecular weight excluding hydrogens is 172 g/mol. The fourth-order valence-electron chi connectivity index (χ4n) is 0.841. The lowest BCUT2D eigenvalue weighted by Gasteiger charge is -1.96. The van der Waals surface area contributed by atoms with Gasteiger partial charge in [0.2, 0.25) is 5.89 Å². The molecule has 1 aromatic rings. The third-order valence-corrected chi connectivity index (χ3v) is 1.43. The lowest BCUT2D eigenvalue weighted by molar-refractivity contribution is -0.142. The highest BCUT2D eigenvalue weighted by atomic mass is 16.5. The molecule has 0 saturated carbocycles. The van der Waals surface area contributed by atoms with Gasteiger partial charge in [-0.05, 0) is 6.92 Å². The zero-order chi connectivity index (χ0) is 9.68. The van der Waals surface area contributed by atoms with Crippen molar-refractivity contribution in [1.29, 1.82) is 0 Å². The van der Waals surface area contributed by atoms with E-state index < -0.39 is 0 Å². The molecule has 0 aliphatic carbocycles. The minimum absolute atomic E-state index is 0.0564. The quantitative estimate of drug-likeness (QED) is 0.645. The van der Waals surface area contributed by atoms with E-state index in [-0.39, 0.29) is 12.4 Å². The number of hydrogen-bond donors (Lipinski definition) is 0. The fraction of sp³-hybridized carbons (Fsp3) is 0.625. The highest BCUT2D eigenvalue weighted by molar-refractivity contribution is 5.71. The van der Waals surface area contributed by atoms with Crippen LogP contribution in [0.15, 0.2) is 4.52 Å². The first-order valence-electron chi connectivity index (χ1n) is 4.23. The molecule has 0 aliphatic heterocycles. The fourth-order valence-corrected chi connectivity index (χ4v) is 0.841. The molecule has 0 N–H and O–H groups in total. The standard InChI is InChI=1S/C8H12N2O3/c1-3-6-9-7(13-10-6)5-8(11)12-4-2/h3-5H2,1-2H3. The summed E-state index contributed by atoms with van der Waals surface area (Å²) in [4.78, 5) is 14.9. The minimum atomic E-state index is -0.339. The molecule has 72 valence electrons. The van der Waals surface area contributed by atoms with Crippen molar-refractivity contribution >= 4 is 5.97 Å². The largest absolute Gasteiger partial charge is 0.466 e. The molecule has 0 unspecified atom stereocenters. The molecule has 0 aliphatic rings. The van der Waals surface area contributed by atoms with E-state index in [1.165, 1.54) is 0 Å². The topological polar surface area (TPSA) is 65.2 Å². The SMILES string of the molecule is CCOC(=O)Cc1nc(CC)no1. The molecule has 0 spiro atoms. The molecule has 0 aromatic carbocycles. The lowest BCUT2D eigenvalue weighted by Crippen LogP contribution is -2.07. The summed E-state index contributed by atoms with van der Waals surface area (Å²) >= 11 is 0. The average molecular weight is 184 g/mol. The number of nitrogens with zero attached hydrogens (tertiary/aromatic N) is 2. The Balaban J connectivity index is 2.49. The molecule has 0 saturated heterocycles. The van der Waals surface area contributed by atoms with Gasteiger partial charge in [0.25, 0.3) is 0 Å². The van der Waals surface area contributed by atoms with E-state index in [2.05, 4.69) is 10.1 Å². The van der Waals surface area contributed by atoms with Crippen LogP contribution < -0.4 is 0 Å². The van der Waals surface area contributed by atoms with Crippen LogP contribution in [0.3, 0.4) is 0 Å². The summed E-state index contributed by atoms with van der Waals surface area (Å²) in [5.74, 6) is 0.586. The van der Waals surface area contributed by atoms with Crippen molar-refractivity contribution in [1.82, 2.24) is 10.1 Å². The molecular formula is C8H12N2O3. The molecule has 0 bridgehead atoms.